The van der Waals surface area contributed by atoms with Gasteiger partial charge in [0.25, 0.3) is 0 Å². The molecule has 1 unspecified atom stereocenters. The molecule has 3 fully saturated rings. The van der Waals surface area contributed by atoms with Gasteiger partial charge in [0, 0.05) is 19.6 Å². The predicted molar refractivity (Wildman–Crippen MR) is 46.8 cm³/mol. The molecule has 2 aliphatic carbocycles. The molecule has 2 saturated carbocycles. The molecule has 3 aliphatic rings. The van der Waals surface area contributed by atoms with Crippen molar-refractivity contribution in [1.82, 2.24) is 4.90 Å². The summed E-state index contributed by atoms with van der Waals surface area (Å²) in [5.41, 5.74) is 0.753. The average molecular weight is 167 g/mol. The minimum absolute atomic E-state index is 0.0129. The topological polar surface area (TPSA) is 23.5 Å². The van der Waals surface area contributed by atoms with E-state index in [1.807, 2.05) is 0 Å². The lowest BCUT2D eigenvalue weighted by atomic mass is 9.96. The monoisotopic (exact) mass is 167 g/mol. The van der Waals surface area contributed by atoms with Crippen LogP contribution in [0.2, 0.25) is 0 Å². The molecule has 1 N–H and O–H groups in total. The molecular weight excluding hydrogens is 150 g/mol. The highest BCUT2D eigenvalue weighted by atomic mass is 16.3. The first-order valence-corrected chi connectivity index (χ1v) is 5.18. The summed E-state index contributed by atoms with van der Waals surface area (Å²) in [6, 6.07) is 0. The highest BCUT2D eigenvalue weighted by Gasteiger charge is 2.52. The molecule has 2 nitrogen and oxygen atoms in total. The minimum Gasteiger partial charge on any atom is -0.392 e. The van der Waals surface area contributed by atoms with Gasteiger partial charge < -0.3 is 5.11 Å². The smallest absolute Gasteiger partial charge is 0.0695 e. The van der Waals surface area contributed by atoms with Gasteiger partial charge in [0.1, 0.15) is 0 Å². The zero-order valence-electron chi connectivity index (χ0n) is 7.50. The SMILES string of the molecule is OC(CN1CC2(CC2)C1)C1CC1. The van der Waals surface area contributed by atoms with Crippen LogP contribution in [0.1, 0.15) is 25.7 Å². The van der Waals surface area contributed by atoms with E-state index in [0.29, 0.717) is 5.92 Å². The number of hydrogen-bond acceptors (Lipinski definition) is 2. The van der Waals surface area contributed by atoms with Crippen LogP contribution in [0.3, 0.4) is 0 Å². The van der Waals surface area contributed by atoms with Crippen LogP contribution in [-0.4, -0.2) is 35.7 Å². The first-order chi connectivity index (χ1) is 5.77. The third kappa shape index (κ3) is 1.17. The van der Waals surface area contributed by atoms with E-state index in [-0.39, 0.29) is 6.10 Å². The number of nitrogens with zero attached hydrogens (tertiary/aromatic N) is 1. The van der Waals surface area contributed by atoms with Crippen molar-refractivity contribution >= 4 is 0 Å². The molecule has 12 heavy (non-hydrogen) atoms. The maximum atomic E-state index is 9.67. The summed E-state index contributed by atoms with van der Waals surface area (Å²) in [5, 5.41) is 9.67. The zero-order chi connectivity index (χ0) is 8.18. The summed E-state index contributed by atoms with van der Waals surface area (Å²) in [4.78, 5) is 2.43. The van der Waals surface area contributed by atoms with Gasteiger partial charge in [-0.1, -0.05) is 0 Å². The zero-order valence-corrected chi connectivity index (χ0v) is 7.50. The Labute approximate surface area is 73.6 Å². The van der Waals surface area contributed by atoms with Crippen molar-refractivity contribution in [1.29, 1.82) is 0 Å². The Kier molecular flexibility index (Phi) is 1.37. The number of aliphatic hydroxyl groups excluding tert-OH is 1. The highest BCUT2D eigenvalue weighted by Crippen LogP contribution is 2.53. The van der Waals surface area contributed by atoms with Crippen molar-refractivity contribution in [3.63, 3.8) is 0 Å². The number of hydrogen-bond donors (Lipinski definition) is 1. The molecule has 1 heterocycles. The first-order valence-electron chi connectivity index (χ1n) is 5.18. The molecular formula is C10H17NO. The van der Waals surface area contributed by atoms with Gasteiger partial charge in [-0.25, -0.2) is 0 Å². The van der Waals surface area contributed by atoms with Crippen molar-refractivity contribution in [3.8, 4) is 0 Å². The van der Waals surface area contributed by atoms with E-state index in [1.165, 1.54) is 38.8 Å². The van der Waals surface area contributed by atoms with Crippen LogP contribution in [0, 0.1) is 11.3 Å². The Morgan fingerprint density at radius 3 is 2.50 bits per heavy atom. The van der Waals surface area contributed by atoms with Crippen LogP contribution >= 0.6 is 0 Å². The second kappa shape index (κ2) is 2.24. The molecule has 1 saturated heterocycles. The fourth-order valence-corrected chi connectivity index (χ4v) is 2.42. The van der Waals surface area contributed by atoms with Crippen molar-refractivity contribution in [2.24, 2.45) is 11.3 Å². The molecule has 0 amide bonds. The third-order valence-corrected chi connectivity index (χ3v) is 3.69. The highest BCUT2D eigenvalue weighted by molar-refractivity contribution is 5.05. The lowest BCUT2D eigenvalue weighted by molar-refractivity contribution is 0.0206. The van der Waals surface area contributed by atoms with Crippen molar-refractivity contribution in [3.05, 3.63) is 0 Å². The van der Waals surface area contributed by atoms with Gasteiger partial charge in [-0.05, 0) is 37.0 Å². The molecule has 0 bridgehead atoms. The Bertz CT molecular complexity index is 188. The minimum atomic E-state index is -0.0129. The summed E-state index contributed by atoms with van der Waals surface area (Å²) in [5.74, 6) is 0.653. The van der Waals surface area contributed by atoms with Gasteiger partial charge in [-0.2, -0.15) is 0 Å². The number of likely N-dealkylation sites (tertiary alicyclic amines) is 1. The van der Waals surface area contributed by atoms with Crippen LogP contribution in [0.4, 0.5) is 0 Å². The van der Waals surface area contributed by atoms with Crippen molar-refractivity contribution < 1.29 is 5.11 Å². The van der Waals surface area contributed by atoms with E-state index in [0.717, 1.165) is 12.0 Å². The maximum Gasteiger partial charge on any atom is 0.0695 e. The average Bonchev–Trinajstić information content (AvgIpc) is 2.81. The van der Waals surface area contributed by atoms with Crippen molar-refractivity contribution in [2.45, 2.75) is 31.8 Å². The van der Waals surface area contributed by atoms with Crippen LogP contribution in [-0.2, 0) is 0 Å². The van der Waals surface area contributed by atoms with E-state index in [9.17, 15) is 5.11 Å². The number of β-amino-alcohol motifs (C(OH)–C–C–N with tert-alkyl or cyclic N) is 1. The Morgan fingerprint density at radius 2 is 2.00 bits per heavy atom. The van der Waals surface area contributed by atoms with Crippen LogP contribution in [0.15, 0.2) is 0 Å². The summed E-state index contributed by atoms with van der Waals surface area (Å²) < 4.78 is 0. The van der Waals surface area contributed by atoms with Crippen LogP contribution in [0.25, 0.3) is 0 Å². The molecule has 1 spiro atoms. The summed E-state index contributed by atoms with van der Waals surface area (Å²) in [6.07, 6.45) is 5.41. The van der Waals surface area contributed by atoms with E-state index < -0.39 is 0 Å². The van der Waals surface area contributed by atoms with Gasteiger partial charge in [-0.3, -0.25) is 4.90 Å². The van der Waals surface area contributed by atoms with Gasteiger partial charge in [-0.15, -0.1) is 0 Å². The fourth-order valence-electron chi connectivity index (χ4n) is 2.42. The number of rotatable bonds is 3. The van der Waals surface area contributed by atoms with Gasteiger partial charge in [0.15, 0.2) is 0 Å². The van der Waals surface area contributed by atoms with Gasteiger partial charge in [0.05, 0.1) is 6.10 Å². The van der Waals surface area contributed by atoms with Gasteiger partial charge >= 0.3 is 0 Å². The van der Waals surface area contributed by atoms with Crippen LogP contribution in [0.5, 0.6) is 0 Å². The second-order valence-corrected chi connectivity index (χ2v) is 5.07. The molecule has 68 valence electrons. The largest absolute Gasteiger partial charge is 0.392 e. The molecule has 0 aromatic rings. The van der Waals surface area contributed by atoms with E-state index >= 15 is 0 Å². The van der Waals surface area contributed by atoms with Gasteiger partial charge in [0.2, 0.25) is 0 Å². The fraction of sp³-hybridized carbons (Fsp3) is 1.00. The Balaban J connectivity index is 1.44. The van der Waals surface area contributed by atoms with E-state index in [4.69, 9.17) is 0 Å². The Morgan fingerprint density at radius 1 is 1.33 bits per heavy atom. The van der Waals surface area contributed by atoms with E-state index in [2.05, 4.69) is 4.90 Å². The lowest BCUT2D eigenvalue weighted by Crippen LogP contribution is -2.51. The van der Waals surface area contributed by atoms with Crippen molar-refractivity contribution in [2.75, 3.05) is 19.6 Å². The second-order valence-electron chi connectivity index (χ2n) is 5.07. The Hall–Kier alpha value is -0.0800. The molecule has 0 aromatic carbocycles. The third-order valence-electron chi connectivity index (χ3n) is 3.69. The summed E-state index contributed by atoms with van der Waals surface area (Å²) in [6.45, 7) is 3.50. The quantitative estimate of drug-likeness (QED) is 0.673. The normalized spacial score (nSPS) is 34.8. The first kappa shape index (κ1) is 7.34. The molecule has 0 aromatic heterocycles. The maximum absolute atomic E-state index is 9.67. The summed E-state index contributed by atoms with van der Waals surface area (Å²) >= 11 is 0. The molecule has 1 atom stereocenters. The van der Waals surface area contributed by atoms with E-state index in [1.54, 1.807) is 0 Å². The summed E-state index contributed by atoms with van der Waals surface area (Å²) in [7, 11) is 0. The van der Waals surface area contributed by atoms with Crippen LogP contribution < -0.4 is 0 Å². The molecule has 1 aliphatic heterocycles. The standard InChI is InChI=1S/C10H17NO/c12-9(8-1-2-8)5-11-6-10(7-11)3-4-10/h8-9,12H,1-7H2. The molecule has 2 heteroatoms. The lowest BCUT2D eigenvalue weighted by Gasteiger charge is -2.41. The molecule has 0 radical (unpaired) electrons. The predicted octanol–water partition coefficient (Wildman–Crippen LogP) is 0.853. The number of aliphatic hydroxyl groups is 1. The molecule has 3 rings (SSSR count).